The molecular weight excluding hydrogens is 322 g/mol. The summed E-state index contributed by atoms with van der Waals surface area (Å²) in [5.74, 6) is 3.40. The van der Waals surface area contributed by atoms with Crippen molar-refractivity contribution >= 4 is 33.5 Å². The van der Waals surface area contributed by atoms with Gasteiger partial charge in [0.15, 0.2) is 0 Å². The summed E-state index contributed by atoms with van der Waals surface area (Å²) in [5, 5.41) is 3.33. The van der Waals surface area contributed by atoms with E-state index >= 15 is 0 Å². The second-order valence-corrected chi connectivity index (χ2v) is 8.49. The van der Waals surface area contributed by atoms with Crippen LogP contribution in [0.2, 0.25) is 0 Å². The average molecular weight is 344 g/mol. The zero-order chi connectivity index (χ0) is 14.0. The highest BCUT2D eigenvalue weighted by Crippen LogP contribution is 2.44. The number of nitrogens with one attached hydrogen (secondary N) is 1. The summed E-state index contributed by atoms with van der Waals surface area (Å²) in [6.07, 6.45) is 2.51. The van der Waals surface area contributed by atoms with Gasteiger partial charge in [0.2, 0.25) is 0 Å². The van der Waals surface area contributed by atoms with E-state index in [4.69, 9.17) is 4.98 Å². The molecule has 2 rings (SSSR count). The molecule has 106 valence electrons. The second kappa shape index (κ2) is 6.00. The van der Waals surface area contributed by atoms with E-state index in [1.54, 1.807) is 0 Å². The molecule has 0 amide bonds. The van der Waals surface area contributed by atoms with E-state index in [1.807, 2.05) is 11.8 Å². The van der Waals surface area contributed by atoms with Crippen LogP contribution in [0.4, 0.5) is 5.82 Å². The number of hydrogen-bond donors (Lipinski definition) is 1. The molecule has 0 atom stereocenters. The third-order valence-corrected chi connectivity index (χ3v) is 4.92. The van der Waals surface area contributed by atoms with Gasteiger partial charge in [0.05, 0.1) is 15.9 Å². The van der Waals surface area contributed by atoms with Gasteiger partial charge in [-0.05, 0) is 35.7 Å². The molecule has 1 N–H and O–H groups in total. The molecule has 0 bridgehead atoms. The maximum Gasteiger partial charge on any atom is 0.144 e. The van der Waals surface area contributed by atoms with Crippen LogP contribution in [-0.2, 0) is 5.75 Å². The fourth-order valence-electron chi connectivity index (χ4n) is 1.77. The number of hydrogen-bond acceptors (Lipinski definition) is 4. The first kappa shape index (κ1) is 15.1. The van der Waals surface area contributed by atoms with Crippen LogP contribution in [0.25, 0.3) is 0 Å². The highest BCUT2D eigenvalue weighted by atomic mass is 79.9. The third-order valence-electron chi connectivity index (χ3n) is 2.87. The molecular formula is C14H22BrN3S. The van der Waals surface area contributed by atoms with Gasteiger partial charge in [-0.2, -0.15) is 0 Å². The Balaban J connectivity index is 2.22. The fourth-order valence-corrected chi connectivity index (χ4v) is 3.10. The number of rotatable bonds is 5. The Morgan fingerprint density at radius 2 is 2.00 bits per heavy atom. The van der Waals surface area contributed by atoms with Gasteiger partial charge in [0, 0.05) is 17.2 Å². The normalized spacial score (nSPS) is 15.6. The lowest BCUT2D eigenvalue weighted by Crippen LogP contribution is -2.11. The first-order valence-corrected chi connectivity index (χ1v) is 8.62. The van der Waals surface area contributed by atoms with Crippen LogP contribution >= 0.6 is 27.7 Å². The van der Waals surface area contributed by atoms with E-state index in [1.165, 1.54) is 18.5 Å². The molecule has 5 heteroatoms. The minimum atomic E-state index is 0.245. The van der Waals surface area contributed by atoms with Gasteiger partial charge < -0.3 is 5.32 Å². The first-order valence-electron chi connectivity index (χ1n) is 6.85. The number of aromatic nitrogens is 2. The number of anilines is 1. The molecule has 1 aromatic heterocycles. The van der Waals surface area contributed by atoms with Crippen LogP contribution in [0, 0.1) is 0 Å². The molecule has 19 heavy (non-hydrogen) atoms. The lowest BCUT2D eigenvalue weighted by Gasteiger charge is -2.18. The smallest absolute Gasteiger partial charge is 0.144 e. The highest BCUT2D eigenvalue weighted by molar-refractivity contribution is 9.10. The summed E-state index contributed by atoms with van der Waals surface area (Å²) in [6.45, 7) is 9.65. The van der Waals surface area contributed by atoms with E-state index in [0.717, 1.165) is 28.4 Å². The van der Waals surface area contributed by atoms with Crippen molar-refractivity contribution in [1.29, 1.82) is 0 Å². The maximum atomic E-state index is 4.76. The average Bonchev–Trinajstić information content (AvgIpc) is 3.13. The fraction of sp³-hybridized carbons (Fsp3) is 0.714. The lowest BCUT2D eigenvalue weighted by atomic mass is 10.2. The SMILES string of the molecule is CCNc1nc(CSC(C)(C)C)nc(C2CC2)c1Br. The van der Waals surface area contributed by atoms with E-state index in [9.17, 15) is 0 Å². The first-order chi connectivity index (χ1) is 8.90. The van der Waals surface area contributed by atoms with Gasteiger partial charge in [-0.25, -0.2) is 9.97 Å². The summed E-state index contributed by atoms with van der Waals surface area (Å²) >= 11 is 5.55. The maximum absolute atomic E-state index is 4.76. The molecule has 1 saturated carbocycles. The van der Waals surface area contributed by atoms with Crippen LogP contribution in [-0.4, -0.2) is 21.3 Å². The van der Waals surface area contributed by atoms with E-state index in [0.29, 0.717) is 5.92 Å². The van der Waals surface area contributed by atoms with Crippen LogP contribution in [0.1, 0.15) is 58.0 Å². The van der Waals surface area contributed by atoms with Gasteiger partial charge in [0.25, 0.3) is 0 Å². The largest absolute Gasteiger partial charge is 0.369 e. The lowest BCUT2D eigenvalue weighted by molar-refractivity contribution is 0.798. The Hall–Kier alpha value is -0.290. The summed E-state index contributed by atoms with van der Waals surface area (Å²) in [6, 6.07) is 0. The second-order valence-electron chi connectivity index (χ2n) is 5.89. The molecule has 1 fully saturated rings. The van der Waals surface area contributed by atoms with Crippen molar-refractivity contribution in [2.24, 2.45) is 0 Å². The number of halogens is 1. The van der Waals surface area contributed by atoms with E-state index < -0.39 is 0 Å². The molecule has 0 aliphatic heterocycles. The van der Waals surface area contributed by atoms with Crippen molar-refractivity contribution in [1.82, 2.24) is 9.97 Å². The molecule has 0 aromatic carbocycles. The number of nitrogens with zero attached hydrogens (tertiary/aromatic N) is 2. The summed E-state index contributed by atoms with van der Waals surface area (Å²) < 4.78 is 1.30. The van der Waals surface area contributed by atoms with E-state index in [2.05, 4.69) is 53.9 Å². The molecule has 1 heterocycles. The highest BCUT2D eigenvalue weighted by Gasteiger charge is 2.29. The topological polar surface area (TPSA) is 37.8 Å². The molecule has 1 aromatic rings. The van der Waals surface area contributed by atoms with Crippen LogP contribution in [0.15, 0.2) is 4.47 Å². The summed E-state index contributed by atoms with van der Waals surface area (Å²) in [7, 11) is 0. The Bertz CT molecular complexity index is 453. The molecule has 0 spiro atoms. The van der Waals surface area contributed by atoms with Crippen LogP contribution in [0.3, 0.4) is 0 Å². The quantitative estimate of drug-likeness (QED) is 0.848. The van der Waals surface area contributed by atoms with Crippen LogP contribution < -0.4 is 5.32 Å². The van der Waals surface area contributed by atoms with Crippen molar-refractivity contribution in [2.45, 2.75) is 57.0 Å². The molecule has 0 radical (unpaired) electrons. The summed E-state index contributed by atoms with van der Waals surface area (Å²) in [4.78, 5) is 9.41. The van der Waals surface area contributed by atoms with Gasteiger partial charge in [0.1, 0.15) is 11.6 Å². The Morgan fingerprint density at radius 1 is 1.32 bits per heavy atom. The molecule has 3 nitrogen and oxygen atoms in total. The number of thioether (sulfide) groups is 1. The molecule has 0 unspecified atom stereocenters. The monoisotopic (exact) mass is 343 g/mol. The minimum Gasteiger partial charge on any atom is -0.369 e. The molecule has 1 aliphatic carbocycles. The van der Waals surface area contributed by atoms with Crippen molar-refractivity contribution in [3.05, 3.63) is 16.0 Å². The van der Waals surface area contributed by atoms with Gasteiger partial charge in [-0.1, -0.05) is 20.8 Å². The predicted molar refractivity (Wildman–Crippen MR) is 86.9 cm³/mol. The zero-order valence-corrected chi connectivity index (χ0v) is 14.5. The minimum absolute atomic E-state index is 0.245. The predicted octanol–water partition coefficient (Wildman–Crippen LogP) is 4.58. The Labute approximate surface area is 128 Å². The third kappa shape index (κ3) is 4.35. The van der Waals surface area contributed by atoms with Gasteiger partial charge in [-0.3, -0.25) is 0 Å². The zero-order valence-electron chi connectivity index (χ0n) is 12.1. The molecule has 0 saturated heterocycles. The Morgan fingerprint density at radius 3 is 2.53 bits per heavy atom. The van der Waals surface area contributed by atoms with Gasteiger partial charge >= 0.3 is 0 Å². The van der Waals surface area contributed by atoms with Crippen molar-refractivity contribution in [2.75, 3.05) is 11.9 Å². The molecule has 1 aliphatic rings. The van der Waals surface area contributed by atoms with Crippen molar-refractivity contribution < 1.29 is 0 Å². The Kier molecular flexibility index (Phi) is 4.77. The summed E-state index contributed by atoms with van der Waals surface area (Å²) in [5.41, 5.74) is 1.19. The van der Waals surface area contributed by atoms with Crippen LogP contribution in [0.5, 0.6) is 0 Å². The van der Waals surface area contributed by atoms with E-state index in [-0.39, 0.29) is 4.75 Å². The van der Waals surface area contributed by atoms with Gasteiger partial charge in [-0.15, -0.1) is 11.8 Å². The van der Waals surface area contributed by atoms with Crippen molar-refractivity contribution in [3.8, 4) is 0 Å². The standard InChI is InChI=1S/C14H22BrN3S/c1-5-16-13-11(15)12(9-6-7-9)17-10(18-13)8-19-14(2,3)4/h9H,5-8H2,1-4H3,(H,16,17,18). The van der Waals surface area contributed by atoms with Crippen molar-refractivity contribution in [3.63, 3.8) is 0 Å².